The summed E-state index contributed by atoms with van der Waals surface area (Å²) in [5.41, 5.74) is 6.81. The predicted octanol–water partition coefficient (Wildman–Crippen LogP) is 5.41. The summed E-state index contributed by atoms with van der Waals surface area (Å²) in [7, 11) is 3.38. The van der Waals surface area contributed by atoms with E-state index in [-0.39, 0.29) is 6.04 Å². The van der Waals surface area contributed by atoms with Gasteiger partial charge in [-0.3, -0.25) is 0 Å². The predicted molar refractivity (Wildman–Crippen MR) is 117 cm³/mol. The van der Waals surface area contributed by atoms with Crippen molar-refractivity contribution >= 4 is 10.9 Å². The van der Waals surface area contributed by atoms with Crippen molar-refractivity contribution in [2.75, 3.05) is 14.2 Å². The molecule has 5 rings (SSSR count). The molecule has 152 valence electrons. The Balaban J connectivity index is 1.57. The lowest BCUT2D eigenvalue weighted by Gasteiger charge is -2.41. The van der Waals surface area contributed by atoms with Crippen LogP contribution in [0.3, 0.4) is 0 Å². The molecule has 0 bridgehead atoms. The molecule has 2 aromatic carbocycles. The van der Waals surface area contributed by atoms with Crippen LogP contribution in [0.5, 0.6) is 11.5 Å². The molecule has 2 N–H and O–H groups in total. The van der Waals surface area contributed by atoms with E-state index in [2.05, 4.69) is 47.6 Å². The number of aromatic nitrogens is 1. The van der Waals surface area contributed by atoms with Crippen LogP contribution in [-0.4, -0.2) is 25.2 Å². The van der Waals surface area contributed by atoms with Gasteiger partial charge in [-0.2, -0.15) is 0 Å². The maximum absolute atomic E-state index is 5.53. The van der Waals surface area contributed by atoms with E-state index in [1.54, 1.807) is 19.8 Å². The van der Waals surface area contributed by atoms with Crippen LogP contribution in [0.15, 0.2) is 36.4 Å². The number of ether oxygens (including phenoxy) is 2. The number of H-pyrrole nitrogens is 1. The molecule has 1 aliphatic heterocycles. The van der Waals surface area contributed by atoms with Crippen molar-refractivity contribution < 1.29 is 9.47 Å². The van der Waals surface area contributed by atoms with Gasteiger partial charge in [-0.1, -0.05) is 30.5 Å². The van der Waals surface area contributed by atoms with E-state index in [0.717, 1.165) is 17.9 Å². The first-order valence-corrected chi connectivity index (χ1v) is 10.8. The molecule has 29 heavy (non-hydrogen) atoms. The summed E-state index contributed by atoms with van der Waals surface area (Å²) in [4.78, 5) is 3.78. The van der Waals surface area contributed by atoms with Gasteiger partial charge in [0.25, 0.3) is 0 Å². The Hall–Kier alpha value is -2.46. The van der Waals surface area contributed by atoms with Crippen molar-refractivity contribution in [2.45, 2.75) is 57.0 Å². The highest BCUT2D eigenvalue weighted by molar-refractivity contribution is 5.86. The Morgan fingerprint density at radius 2 is 1.79 bits per heavy atom. The van der Waals surface area contributed by atoms with Gasteiger partial charge in [0.2, 0.25) is 0 Å². The van der Waals surface area contributed by atoms with Gasteiger partial charge in [0.1, 0.15) is 0 Å². The van der Waals surface area contributed by atoms with Crippen molar-refractivity contribution in [3.63, 3.8) is 0 Å². The summed E-state index contributed by atoms with van der Waals surface area (Å²) >= 11 is 0. The minimum atomic E-state index is 0.287. The second-order valence-corrected chi connectivity index (χ2v) is 8.61. The number of aromatic amines is 1. The number of benzene rings is 2. The Bertz CT molecular complexity index is 1040. The van der Waals surface area contributed by atoms with Crippen molar-refractivity contribution in [1.82, 2.24) is 10.3 Å². The molecule has 0 spiro atoms. The Kier molecular flexibility index (Phi) is 4.75. The normalized spacial score (nSPS) is 23.5. The first kappa shape index (κ1) is 18.6. The van der Waals surface area contributed by atoms with Crippen LogP contribution in [0.2, 0.25) is 0 Å². The molecule has 2 heterocycles. The quantitative estimate of drug-likeness (QED) is 0.626. The molecule has 3 atom stereocenters. The van der Waals surface area contributed by atoms with Gasteiger partial charge in [0, 0.05) is 28.6 Å². The van der Waals surface area contributed by atoms with Gasteiger partial charge in [-0.25, -0.2) is 0 Å². The molecule has 2 aliphatic rings. The second-order valence-electron chi connectivity index (χ2n) is 8.61. The summed E-state index contributed by atoms with van der Waals surface area (Å²) in [6.07, 6.45) is 6.15. The third-order valence-electron chi connectivity index (χ3n) is 6.81. The van der Waals surface area contributed by atoms with E-state index in [9.17, 15) is 0 Å². The molecule has 4 heteroatoms. The zero-order valence-electron chi connectivity index (χ0n) is 17.5. The third kappa shape index (κ3) is 3.20. The summed E-state index contributed by atoms with van der Waals surface area (Å²) < 4.78 is 10.9. The van der Waals surface area contributed by atoms with E-state index in [0.29, 0.717) is 12.0 Å². The maximum atomic E-state index is 5.53. The minimum absolute atomic E-state index is 0.287. The highest BCUT2D eigenvalue weighted by Crippen LogP contribution is 2.45. The monoisotopic (exact) mass is 390 g/mol. The SMILES string of the molecule is COc1ccc(C[C@@H]2N[C@@H]3CCCC[C@H]3c3c2[nH]c2ccc(C)cc32)cc1OC. The number of hydrogen-bond acceptors (Lipinski definition) is 3. The molecule has 3 aromatic rings. The number of rotatable bonds is 4. The van der Waals surface area contributed by atoms with E-state index < -0.39 is 0 Å². The van der Waals surface area contributed by atoms with Crippen LogP contribution in [0.4, 0.5) is 0 Å². The number of methoxy groups -OCH3 is 2. The summed E-state index contributed by atoms with van der Waals surface area (Å²) in [5.74, 6) is 2.20. The zero-order valence-corrected chi connectivity index (χ0v) is 17.5. The Morgan fingerprint density at radius 3 is 2.62 bits per heavy atom. The van der Waals surface area contributed by atoms with Crippen molar-refractivity contribution in [3.8, 4) is 11.5 Å². The van der Waals surface area contributed by atoms with Gasteiger partial charge in [0.05, 0.1) is 20.3 Å². The lowest BCUT2D eigenvalue weighted by Crippen LogP contribution is -2.44. The van der Waals surface area contributed by atoms with Crippen LogP contribution >= 0.6 is 0 Å². The fourth-order valence-corrected chi connectivity index (χ4v) is 5.44. The first-order chi connectivity index (χ1) is 14.2. The zero-order chi connectivity index (χ0) is 20.0. The van der Waals surface area contributed by atoms with E-state index in [1.807, 2.05) is 6.07 Å². The fraction of sp³-hybridized carbons (Fsp3) is 0.440. The molecular formula is C25H30N2O2. The molecule has 1 aromatic heterocycles. The molecule has 1 saturated carbocycles. The number of fused-ring (bicyclic) bond motifs is 5. The average molecular weight is 391 g/mol. The number of nitrogens with one attached hydrogen (secondary N) is 2. The molecule has 4 nitrogen and oxygen atoms in total. The van der Waals surface area contributed by atoms with Crippen LogP contribution < -0.4 is 14.8 Å². The molecular weight excluding hydrogens is 360 g/mol. The molecule has 1 aliphatic carbocycles. The highest BCUT2D eigenvalue weighted by atomic mass is 16.5. The summed E-state index contributed by atoms with van der Waals surface area (Å²) in [6, 6.07) is 14.0. The minimum Gasteiger partial charge on any atom is -0.493 e. The highest BCUT2D eigenvalue weighted by Gasteiger charge is 2.38. The van der Waals surface area contributed by atoms with Gasteiger partial charge >= 0.3 is 0 Å². The molecule has 0 radical (unpaired) electrons. The van der Waals surface area contributed by atoms with Gasteiger partial charge < -0.3 is 19.8 Å². The van der Waals surface area contributed by atoms with E-state index in [4.69, 9.17) is 9.47 Å². The van der Waals surface area contributed by atoms with Crippen LogP contribution in [-0.2, 0) is 6.42 Å². The number of aryl methyl sites for hydroxylation is 1. The van der Waals surface area contributed by atoms with Crippen molar-refractivity contribution in [3.05, 3.63) is 58.8 Å². The van der Waals surface area contributed by atoms with Crippen LogP contribution in [0, 0.1) is 6.92 Å². The van der Waals surface area contributed by atoms with Gasteiger partial charge in [0.15, 0.2) is 11.5 Å². The second kappa shape index (κ2) is 7.42. The lowest BCUT2D eigenvalue weighted by molar-refractivity contribution is 0.274. The lowest BCUT2D eigenvalue weighted by atomic mass is 9.74. The molecule has 0 saturated heterocycles. The van der Waals surface area contributed by atoms with Crippen LogP contribution in [0.1, 0.15) is 60.0 Å². The summed E-state index contributed by atoms with van der Waals surface area (Å²) in [5, 5.41) is 5.42. The Morgan fingerprint density at radius 1 is 0.966 bits per heavy atom. The van der Waals surface area contributed by atoms with Gasteiger partial charge in [-0.15, -0.1) is 0 Å². The smallest absolute Gasteiger partial charge is 0.160 e. The van der Waals surface area contributed by atoms with Crippen LogP contribution in [0.25, 0.3) is 10.9 Å². The molecule has 0 unspecified atom stereocenters. The standard InChI is InChI=1S/C25H30N2O2/c1-15-8-10-20-18(12-15)24-17-6-4-5-7-19(17)26-21(25(24)27-20)13-16-9-11-22(28-2)23(14-16)29-3/h8-12,14,17,19,21,26-27H,4-7,13H2,1-3H3/t17-,19-,21+/m1/s1. The topological polar surface area (TPSA) is 46.3 Å². The molecule has 0 amide bonds. The summed E-state index contributed by atoms with van der Waals surface area (Å²) in [6.45, 7) is 2.19. The van der Waals surface area contributed by atoms with E-state index in [1.165, 1.54) is 53.4 Å². The van der Waals surface area contributed by atoms with Gasteiger partial charge in [-0.05, 0) is 61.6 Å². The van der Waals surface area contributed by atoms with Crippen molar-refractivity contribution in [1.29, 1.82) is 0 Å². The van der Waals surface area contributed by atoms with E-state index >= 15 is 0 Å². The maximum Gasteiger partial charge on any atom is 0.160 e. The number of hydrogen-bond donors (Lipinski definition) is 2. The molecule has 1 fully saturated rings. The largest absolute Gasteiger partial charge is 0.493 e. The third-order valence-corrected chi connectivity index (χ3v) is 6.81. The Labute approximate surface area is 172 Å². The average Bonchev–Trinajstić information content (AvgIpc) is 3.13. The fourth-order valence-electron chi connectivity index (χ4n) is 5.44. The first-order valence-electron chi connectivity index (χ1n) is 10.8. The van der Waals surface area contributed by atoms with Crippen molar-refractivity contribution in [2.24, 2.45) is 0 Å².